The molecular formula is C19H25N7. The summed E-state index contributed by atoms with van der Waals surface area (Å²) >= 11 is 0. The molecule has 0 unspecified atom stereocenters. The molecule has 2 saturated heterocycles. The molecule has 2 aromatic rings. The maximum Gasteiger partial charge on any atom is 0.146 e. The zero-order chi connectivity index (χ0) is 17.9. The van der Waals surface area contributed by atoms with Crippen LogP contribution in [0.15, 0.2) is 18.3 Å². The molecular weight excluding hydrogens is 326 g/mol. The number of nitrogens with zero attached hydrogens (tertiary/aromatic N) is 7. The van der Waals surface area contributed by atoms with E-state index in [1.807, 2.05) is 6.07 Å². The molecule has 2 aliphatic rings. The molecule has 0 radical (unpaired) electrons. The van der Waals surface area contributed by atoms with Gasteiger partial charge in [-0.3, -0.25) is 4.90 Å². The number of hydrogen-bond acceptors (Lipinski definition) is 6. The van der Waals surface area contributed by atoms with Gasteiger partial charge in [0, 0.05) is 32.3 Å². The molecule has 4 heterocycles. The van der Waals surface area contributed by atoms with Crippen molar-refractivity contribution >= 4 is 5.82 Å². The molecule has 0 aromatic carbocycles. The van der Waals surface area contributed by atoms with Crippen molar-refractivity contribution in [2.45, 2.75) is 38.1 Å². The lowest BCUT2D eigenvalue weighted by Gasteiger charge is -2.33. The first kappa shape index (κ1) is 17.0. The van der Waals surface area contributed by atoms with Crippen LogP contribution in [0.1, 0.15) is 48.8 Å². The van der Waals surface area contributed by atoms with Crippen molar-refractivity contribution < 1.29 is 0 Å². The quantitative estimate of drug-likeness (QED) is 0.839. The van der Waals surface area contributed by atoms with Gasteiger partial charge in [0.2, 0.25) is 0 Å². The Bertz CT molecular complexity index is 800. The number of likely N-dealkylation sites (tertiary alicyclic amines) is 1. The largest absolute Gasteiger partial charge is 0.356 e. The number of nitriles is 1. The fourth-order valence-electron chi connectivity index (χ4n) is 4.07. The predicted octanol–water partition coefficient (Wildman–Crippen LogP) is 2.06. The van der Waals surface area contributed by atoms with Crippen molar-refractivity contribution in [1.82, 2.24) is 24.6 Å². The average molecular weight is 351 g/mol. The summed E-state index contributed by atoms with van der Waals surface area (Å²) in [4.78, 5) is 9.18. The van der Waals surface area contributed by atoms with Crippen molar-refractivity contribution in [3.8, 4) is 6.07 Å². The highest BCUT2D eigenvalue weighted by atomic mass is 15.3. The third-order valence-corrected chi connectivity index (χ3v) is 5.55. The molecule has 1 atom stereocenters. The maximum atomic E-state index is 9.12. The summed E-state index contributed by atoms with van der Waals surface area (Å²) < 4.78 is 2.19. The van der Waals surface area contributed by atoms with E-state index < -0.39 is 0 Å². The summed E-state index contributed by atoms with van der Waals surface area (Å²) in [5, 5.41) is 18.1. The van der Waals surface area contributed by atoms with E-state index in [0.29, 0.717) is 11.5 Å². The predicted molar refractivity (Wildman–Crippen MR) is 98.7 cm³/mol. The van der Waals surface area contributed by atoms with Crippen LogP contribution in [-0.2, 0) is 13.6 Å². The minimum Gasteiger partial charge on any atom is -0.356 e. The number of rotatable bonds is 4. The van der Waals surface area contributed by atoms with Crippen LogP contribution in [0.5, 0.6) is 0 Å². The molecule has 26 heavy (non-hydrogen) atoms. The molecule has 2 aromatic heterocycles. The minimum atomic E-state index is 0.348. The van der Waals surface area contributed by atoms with Gasteiger partial charge in [0.15, 0.2) is 0 Å². The van der Waals surface area contributed by atoms with Gasteiger partial charge in [-0.15, -0.1) is 10.2 Å². The Morgan fingerprint density at radius 3 is 2.85 bits per heavy atom. The highest BCUT2D eigenvalue weighted by Crippen LogP contribution is 2.28. The lowest BCUT2D eigenvalue weighted by molar-refractivity contribution is 0.317. The second-order valence-electron chi connectivity index (χ2n) is 7.32. The Morgan fingerprint density at radius 2 is 2.04 bits per heavy atom. The first-order valence-electron chi connectivity index (χ1n) is 9.46. The molecule has 0 saturated carbocycles. The zero-order valence-corrected chi connectivity index (χ0v) is 15.3. The van der Waals surface area contributed by atoms with Gasteiger partial charge in [0.1, 0.15) is 17.5 Å². The van der Waals surface area contributed by atoms with Gasteiger partial charge in [0.25, 0.3) is 0 Å². The summed E-state index contributed by atoms with van der Waals surface area (Å²) in [6.07, 6.45) is 6.50. The summed E-state index contributed by atoms with van der Waals surface area (Å²) in [6, 6.07) is 5.82. The lowest BCUT2D eigenvalue weighted by Crippen LogP contribution is -2.36. The second kappa shape index (κ2) is 7.42. The standard InChI is InChI=1S/C19H25N7/c1-24-18(14-25-8-2-3-9-25)22-23-19(24)16-5-4-10-26(13-16)17-11-15(12-20)6-7-21-17/h6-7,11,16H,2-5,8-10,13-14H2,1H3/t16-/m1/s1. The lowest BCUT2D eigenvalue weighted by atomic mass is 9.97. The van der Waals surface area contributed by atoms with E-state index >= 15 is 0 Å². The van der Waals surface area contributed by atoms with Crippen LogP contribution >= 0.6 is 0 Å². The van der Waals surface area contributed by atoms with Crippen LogP contribution in [0.3, 0.4) is 0 Å². The van der Waals surface area contributed by atoms with Gasteiger partial charge < -0.3 is 9.47 Å². The van der Waals surface area contributed by atoms with E-state index in [-0.39, 0.29) is 0 Å². The van der Waals surface area contributed by atoms with E-state index in [1.54, 1.807) is 12.3 Å². The summed E-state index contributed by atoms with van der Waals surface area (Å²) in [6.45, 7) is 5.07. The van der Waals surface area contributed by atoms with Gasteiger partial charge >= 0.3 is 0 Å². The van der Waals surface area contributed by atoms with Gasteiger partial charge in [-0.25, -0.2) is 4.98 Å². The normalized spacial score (nSPS) is 21.1. The number of hydrogen-bond donors (Lipinski definition) is 0. The number of pyridine rings is 1. The van der Waals surface area contributed by atoms with E-state index in [0.717, 1.165) is 49.9 Å². The van der Waals surface area contributed by atoms with Crippen molar-refractivity contribution in [3.63, 3.8) is 0 Å². The van der Waals surface area contributed by atoms with Crippen LogP contribution in [-0.4, -0.2) is 50.8 Å². The first-order valence-corrected chi connectivity index (χ1v) is 9.46. The summed E-state index contributed by atoms with van der Waals surface area (Å²) in [7, 11) is 2.09. The van der Waals surface area contributed by atoms with Crippen LogP contribution in [0.4, 0.5) is 5.82 Å². The first-order chi connectivity index (χ1) is 12.7. The topological polar surface area (TPSA) is 73.9 Å². The van der Waals surface area contributed by atoms with Gasteiger partial charge in [0.05, 0.1) is 18.2 Å². The summed E-state index contributed by atoms with van der Waals surface area (Å²) in [5.74, 6) is 3.36. The van der Waals surface area contributed by atoms with Crippen LogP contribution < -0.4 is 4.90 Å². The molecule has 0 spiro atoms. The smallest absolute Gasteiger partial charge is 0.146 e. The Morgan fingerprint density at radius 1 is 1.19 bits per heavy atom. The average Bonchev–Trinajstić information content (AvgIpc) is 3.33. The molecule has 7 heteroatoms. The number of aromatic nitrogens is 4. The fraction of sp³-hybridized carbons (Fsp3) is 0.579. The number of piperidine rings is 1. The van der Waals surface area contributed by atoms with Crippen LogP contribution in [0.2, 0.25) is 0 Å². The van der Waals surface area contributed by atoms with Crippen molar-refractivity contribution in [3.05, 3.63) is 35.5 Å². The third-order valence-electron chi connectivity index (χ3n) is 5.55. The molecule has 2 fully saturated rings. The molecule has 136 valence electrons. The van der Waals surface area contributed by atoms with E-state index in [9.17, 15) is 0 Å². The highest BCUT2D eigenvalue weighted by Gasteiger charge is 2.27. The van der Waals surface area contributed by atoms with E-state index in [2.05, 4.69) is 42.7 Å². The Labute approximate surface area is 154 Å². The molecule has 0 aliphatic carbocycles. The van der Waals surface area contributed by atoms with Gasteiger partial charge in [-0.2, -0.15) is 5.26 Å². The van der Waals surface area contributed by atoms with E-state index in [4.69, 9.17) is 5.26 Å². The highest BCUT2D eigenvalue weighted by molar-refractivity contribution is 5.45. The molecule has 0 bridgehead atoms. The van der Waals surface area contributed by atoms with E-state index in [1.165, 1.54) is 25.9 Å². The van der Waals surface area contributed by atoms with Crippen LogP contribution in [0, 0.1) is 11.3 Å². The molecule has 2 aliphatic heterocycles. The molecule has 4 rings (SSSR count). The Kier molecular flexibility index (Phi) is 4.85. The molecule has 7 nitrogen and oxygen atoms in total. The van der Waals surface area contributed by atoms with Gasteiger partial charge in [-0.1, -0.05) is 0 Å². The van der Waals surface area contributed by atoms with Gasteiger partial charge in [-0.05, 0) is 50.9 Å². The Balaban J connectivity index is 1.49. The van der Waals surface area contributed by atoms with Crippen molar-refractivity contribution in [2.75, 3.05) is 31.1 Å². The van der Waals surface area contributed by atoms with Crippen LogP contribution in [0.25, 0.3) is 0 Å². The molecule has 0 amide bonds. The second-order valence-corrected chi connectivity index (χ2v) is 7.32. The SMILES string of the molecule is Cn1c(CN2CCCC2)nnc1[C@@H]1CCCN(c2cc(C#N)ccn2)C1. The Hall–Kier alpha value is -2.46. The number of anilines is 1. The zero-order valence-electron chi connectivity index (χ0n) is 15.3. The minimum absolute atomic E-state index is 0.348. The van der Waals surface area contributed by atoms with Crippen molar-refractivity contribution in [2.24, 2.45) is 7.05 Å². The third kappa shape index (κ3) is 3.42. The fourth-order valence-corrected chi connectivity index (χ4v) is 4.07. The molecule has 0 N–H and O–H groups in total. The summed E-state index contributed by atoms with van der Waals surface area (Å²) in [5.41, 5.74) is 0.656. The monoisotopic (exact) mass is 351 g/mol. The maximum absolute atomic E-state index is 9.12. The van der Waals surface area contributed by atoms with Crippen molar-refractivity contribution in [1.29, 1.82) is 5.26 Å².